The smallest absolute Gasteiger partial charge is 0.203 e. The summed E-state index contributed by atoms with van der Waals surface area (Å²) in [6.45, 7) is 4.47. The summed E-state index contributed by atoms with van der Waals surface area (Å²) in [5.74, 6) is -1.02. The number of rotatable bonds is 3. The van der Waals surface area contributed by atoms with Gasteiger partial charge in [0.15, 0.2) is 0 Å². The molecule has 0 amide bonds. The Hall–Kier alpha value is -2.46. The van der Waals surface area contributed by atoms with Gasteiger partial charge in [-0.05, 0) is 40.9 Å². The maximum Gasteiger partial charge on any atom is 0.203 e. The summed E-state index contributed by atoms with van der Waals surface area (Å²) in [5.41, 5.74) is 0.0795. The number of hydrogen-bond acceptors (Lipinski definition) is 6. The van der Waals surface area contributed by atoms with E-state index in [2.05, 4.69) is 30.0 Å². The molecule has 0 unspecified atom stereocenters. The first-order chi connectivity index (χ1) is 12.1. The Balaban J connectivity index is 2.16. The molecule has 1 saturated carbocycles. The number of hydrogen-bond donors (Lipinski definition) is 1. The van der Waals surface area contributed by atoms with Gasteiger partial charge in [0.1, 0.15) is 0 Å². The van der Waals surface area contributed by atoms with Gasteiger partial charge < -0.3 is 5.41 Å². The van der Waals surface area contributed by atoms with Crippen LogP contribution >= 0.6 is 11.3 Å². The number of nitrogens with one attached hydrogen (secondary N) is 1. The lowest BCUT2D eigenvalue weighted by Gasteiger charge is -2.47. The fraction of sp³-hybridized carbons (Fsp3) is 0.474. The molecule has 2 aliphatic rings. The third-order valence-electron chi connectivity index (χ3n) is 5.31. The van der Waals surface area contributed by atoms with Crippen LogP contribution in [0, 0.1) is 56.7 Å². The number of nitriles is 3. The van der Waals surface area contributed by atoms with Crippen molar-refractivity contribution >= 4 is 17.0 Å². The quantitative estimate of drug-likeness (QED) is 0.846. The largest absolute Gasteiger partial charge is 0.305 e. The van der Waals surface area contributed by atoms with Crippen molar-refractivity contribution in [2.24, 2.45) is 17.3 Å². The molecule has 2 heterocycles. The molecule has 1 aromatic rings. The normalized spacial score (nSPS) is 28.2. The summed E-state index contributed by atoms with van der Waals surface area (Å²) in [4.78, 5) is 2.30. The van der Waals surface area contributed by atoms with E-state index in [9.17, 15) is 15.8 Å². The summed E-state index contributed by atoms with van der Waals surface area (Å²) >= 11 is 1.57. The molecule has 6 heteroatoms. The molecule has 1 aromatic heterocycles. The van der Waals surface area contributed by atoms with Crippen LogP contribution in [0.4, 0.5) is 0 Å². The van der Waals surface area contributed by atoms with Gasteiger partial charge in [-0.1, -0.05) is 13.0 Å². The first-order valence-electron chi connectivity index (χ1n) is 8.39. The van der Waals surface area contributed by atoms with Crippen LogP contribution in [-0.2, 0) is 0 Å². The van der Waals surface area contributed by atoms with Crippen molar-refractivity contribution in [3.8, 4) is 18.2 Å². The second-order valence-electron chi connectivity index (χ2n) is 6.60. The van der Waals surface area contributed by atoms with Crippen LogP contribution in [-0.4, -0.2) is 30.2 Å². The molecule has 1 aliphatic heterocycles. The van der Waals surface area contributed by atoms with E-state index in [1.807, 2.05) is 22.9 Å². The maximum absolute atomic E-state index is 9.78. The standard InChI is InChI=1S/C19H19N5S/c1-2-5-24-6-3-16-15(9-24)17(13-4-7-25-10-13)14(8-20)18(23)19(16,11-21)12-22/h3-4,7,10,14-15,17,23H,2,5-6,9H2,1H3/t14-,15-,17+/m0/s1. The van der Waals surface area contributed by atoms with Crippen LogP contribution in [0.25, 0.3) is 0 Å². The summed E-state index contributed by atoms with van der Waals surface area (Å²) in [7, 11) is 0. The van der Waals surface area contributed by atoms with E-state index in [4.69, 9.17) is 5.41 Å². The highest BCUT2D eigenvalue weighted by Gasteiger charge is 2.56. The van der Waals surface area contributed by atoms with E-state index in [1.165, 1.54) is 0 Å². The third-order valence-corrected chi connectivity index (χ3v) is 6.01. The lowest BCUT2D eigenvalue weighted by molar-refractivity contribution is 0.210. The number of thiophene rings is 1. The monoisotopic (exact) mass is 349 g/mol. The predicted octanol–water partition coefficient (Wildman–Crippen LogP) is 3.31. The van der Waals surface area contributed by atoms with Gasteiger partial charge in [-0.3, -0.25) is 4.90 Å². The molecule has 0 spiro atoms. The zero-order valence-corrected chi connectivity index (χ0v) is 14.9. The number of fused-ring (bicyclic) bond motifs is 1. The van der Waals surface area contributed by atoms with E-state index >= 15 is 0 Å². The Labute approximate surface area is 151 Å². The van der Waals surface area contributed by atoms with Crippen molar-refractivity contribution in [1.82, 2.24) is 4.90 Å². The van der Waals surface area contributed by atoms with Crippen molar-refractivity contribution in [2.45, 2.75) is 19.3 Å². The van der Waals surface area contributed by atoms with E-state index in [1.54, 1.807) is 11.3 Å². The lowest BCUT2D eigenvalue weighted by atomic mass is 9.55. The summed E-state index contributed by atoms with van der Waals surface area (Å²) < 4.78 is 0. The summed E-state index contributed by atoms with van der Waals surface area (Å²) in [6, 6.07) is 8.37. The fourth-order valence-corrected chi connectivity index (χ4v) is 4.88. The van der Waals surface area contributed by atoms with Crippen molar-refractivity contribution in [2.75, 3.05) is 19.6 Å². The van der Waals surface area contributed by atoms with Crippen LogP contribution < -0.4 is 0 Å². The lowest BCUT2D eigenvalue weighted by Crippen LogP contribution is -2.52. The van der Waals surface area contributed by atoms with Gasteiger partial charge >= 0.3 is 0 Å². The van der Waals surface area contributed by atoms with E-state index < -0.39 is 11.3 Å². The van der Waals surface area contributed by atoms with Crippen molar-refractivity contribution in [3.05, 3.63) is 34.0 Å². The molecular formula is C19H19N5S. The van der Waals surface area contributed by atoms with Gasteiger partial charge in [0.25, 0.3) is 0 Å². The average Bonchev–Trinajstić information content (AvgIpc) is 3.16. The fourth-order valence-electron chi connectivity index (χ4n) is 4.18. The number of nitrogens with zero attached hydrogens (tertiary/aromatic N) is 4. The Bertz CT molecular complexity index is 803. The third kappa shape index (κ3) is 2.57. The molecule has 3 rings (SSSR count). The second kappa shape index (κ2) is 6.81. The van der Waals surface area contributed by atoms with E-state index in [-0.39, 0.29) is 17.5 Å². The Kier molecular flexibility index (Phi) is 4.73. The predicted molar refractivity (Wildman–Crippen MR) is 95.9 cm³/mol. The highest BCUT2D eigenvalue weighted by Crippen LogP contribution is 2.52. The van der Waals surface area contributed by atoms with Crippen LogP contribution in [0.1, 0.15) is 24.8 Å². The van der Waals surface area contributed by atoms with Gasteiger partial charge in [-0.25, -0.2) is 0 Å². The first kappa shape index (κ1) is 17.4. The Morgan fingerprint density at radius 1 is 1.36 bits per heavy atom. The van der Waals surface area contributed by atoms with Crippen molar-refractivity contribution < 1.29 is 0 Å². The molecule has 0 bridgehead atoms. The van der Waals surface area contributed by atoms with Gasteiger partial charge in [-0.2, -0.15) is 27.1 Å². The average molecular weight is 349 g/mol. The molecule has 1 N–H and O–H groups in total. The summed E-state index contributed by atoms with van der Waals surface area (Å²) in [6.07, 6.45) is 2.98. The molecular weight excluding hydrogens is 330 g/mol. The molecule has 25 heavy (non-hydrogen) atoms. The molecule has 0 radical (unpaired) electrons. The molecule has 5 nitrogen and oxygen atoms in total. The van der Waals surface area contributed by atoms with E-state index in [0.29, 0.717) is 6.54 Å². The molecule has 1 aliphatic carbocycles. The minimum absolute atomic E-state index is 0.0670. The maximum atomic E-state index is 9.78. The van der Waals surface area contributed by atoms with Crippen molar-refractivity contribution in [1.29, 1.82) is 21.2 Å². The molecule has 3 atom stereocenters. The zero-order valence-electron chi connectivity index (χ0n) is 14.1. The molecule has 0 aromatic carbocycles. The highest BCUT2D eigenvalue weighted by molar-refractivity contribution is 7.08. The first-order valence-corrected chi connectivity index (χ1v) is 9.33. The second-order valence-corrected chi connectivity index (χ2v) is 7.38. The van der Waals surface area contributed by atoms with Crippen LogP contribution in [0.3, 0.4) is 0 Å². The van der Waals surface area contributed by atoms with Crippen molar-refractivity contribution in [3.63, 3.8) is 0 Å². The minimum atomic E-state index is -1.60. The van der Waals surface area contributed by atoms with Gasteiger partial charge in [-0.15, -0.1) is 0 Å². The van der Waals surface area contributed by atoms with Crippen LogP contribution in [0.5, 0.6) is 0 Å². The summed E-state index contributed by atoms with van der Waals surface area (Å²) in [5, 5.41) is 41.8. The van der Waals surface area contributed by atoms with Gasteiger partial charge in [0, 0.05) is 24.9 Å². The minimum Gasteiger partial charge on any atom is -0.305 e. The molecule has 1 fully saturated rings. The Morgan fingerprint density at radius 2 is 2.12 bits per heavy atom. The highest BCUT2D eigenvalue weighted by atomic mass is 32.1. The van der Waals surface area contributed by atoms with E-state index in [0.717, 1.165) is 30.6 Å². The SMILES string of the molecule is CCCN1CC=C2[C@H](C1)[C@H](c1ccsc1)[C@H](C#N)C(=N)C2(C#N)C#N. The van der Waals surface area contributed by atoms with Crippen LogP contribution in [0.2, 0.25) is 0 Å². The van der Waals surface area contributed by atoms with Gasteiger partial charge in [0.2, 0.25) is 5.41 Å². The Morgan fingerprint density at radius 3 is 2.68 bits per heavy atom. The van der Waals surface area contributed by atoms with Gasteiger partial charge in [0.05, 0.1) is 29.8 Å². The zero-order chi connectivity index (χ0) is 18.0. The topological polar surface area (TPSA) is 98.5 Å². The molecule has 126 valence electrons. The molecule has 0 saturated heterocycles. The van der Waals surface area contributed by atoms with Crippen LogP contribution in [0.15, 0.2) is 28.5 Å².